The van der Waals surface area contributed by atoms with Crippen molar-refractivity contribution in [2.45, 2.75) is 5.03 Å². The maximum absolute atomic E-state index is 10.7. The van der Waals surface area contributed by atoms with Gasteiger partial charge in [0.05, 0.1) is 0 Å². The van der Waals surface area contributed by atoms with E-state index in [1.165, 1.54) is 16.2 Å². The van der Waals surface area contributed by atoms with Crippen LogP contribution in [0.4, 0.5) is 0 Å². The Bertz CT molecular complexity index is 953. The van der Waals surface area contributed by atoms with Gasteiger partial charge in [0.1, 0.15) is 0 Å². The van der Waals surface area contributed by atoms with Crippen molar-refractivity contribution in [3.05, 3.63) is 66.0 Å². The van der Waals surface area contributed by atoms with Gasteiger partial charge in [0.15, 0.2) is 5.03 Å². The van der Waals surface area contributed by atoms with Gasteiger partial charge in [0, 0.05) is 15.6 Å². The van der Waals surface area contributed by atoms with Gasteiger partial charge in [-0.2, -0.15) is 8.42 Å². The molecule has 0 bridgehead atoms. The summed E-state index contributed by atoms with van der Waals surface area (Å²) in [5.74, 6) is 0. The van der Waals surface area contributed by atoms with Gasteiger partial charge in [0.25, 0.3) is 0 Å². The van der Waals surface area contributed by atoms with Crippen LogP contribution in [-0.2, 0) is 10.1 Å². The SMILES string of the molecule is O=S(=O)(O)c1cc2ccccc2[nH]1.c1ccc2sccc2c1. The van der Waals surface area contributed by atoms with Gasteiger partial charge >= 0.3 is 10.1 Å². The van der Waals surface area contributed by atoms with E-state index < -0.39 is 10.1 Å². The van der Waals surface area contributed by atoms with Crippen LogP contribution < -0.4 is 0 Å². The van der Waals surface area contributed by atoms with Crippen molar-refractivity contribution in [2.24, 2.45) is 0 Å². The summed E-state index contributed by atoms with van der Waals surface area (Å²) >= 11 is 1.79. The zero-order valence-electron chi connectivity index (χ0n) is 11.4. The Hall–Kier alpha value is -2.15. The van der Waals surface area contributed by atoms with E-state index in [0.29, 0.717) is 5.52 Å². The van der Waals surface area contributed by atoms with Gasteiger partial charge in [-0.25, -0.2) is 0 Å². The predicted octanol–water partition coefficient (Wildman–Crippen LogP) is 4.32. The lowest BCUT2D eigenvalue weighted by Crippen LogP contribution is -1.97. The molecule has 0 atom stereocenters. The summed E-state index contributed by atoms with van der Waals surface area (Å²) in [6.45, 7) is 0. The van der Waals surface area contributed by atoms with E-state index in [-0.39, 0.29) is 5.03 Å². The van der Waals surface area contributed by atoms with Gasteiger partial charge in [-0.1, -0.05) is 36.4 Å². The largest absolute Gasteiger partial charge is 0.344 e. The number of rotatable bonds is 1. The minimum absolute atomic E-state index is 0.172. The number of nitrogens with one attached hydrogen (secondary N) is 1. The third kappa shape index (κ3) is 3.19. The Balaban J connectivity index is 0.000000139. The number of aromatic amines is 1. The topological polar surface area (TPSA) is 70.2 Å². The van der Waals surface area contributed by atoms with Crippen LogP contribution in [0.25, 0.3) is 21.0 Å². The summed E-state index contributed by atoms with van der Waals surface area (Å²) < 4.78 is 31.6. The average molecular weight is 331 g/mol. The molecule has 0 unspecified atom stereocenters. The van der Waals surface area contributed by atoms with E-state index >= 15 is 0 Å². The summed E-state index contributed by atoms with van der Waals surface area (Å²) in [6, 6.07) is 19.0. The zero-order chi connectivity index (χ0) is 15.6. The van der Waals surface area contributed by atoms with Crippen molar-refractivity contribution in [1.82, 2.24) is 4.98 Å². The molecule has 4 rings (SSSR count). The molecular weight excluding hydrogens is 318 g/mol. The number of para-hydroxylation sites is 1. The van der Waals surface area contributed by atoms with E-state index in [1.807, 2.05) is 0 Å². The minimum atomic E-state index is -4.12. The molecule has 0 saturated carbocycles. The van der Waals surface area contributed by atoms with E-state index in [0.717, 1.165) is 5.39 Å². The highest BCUT2D eigenvalue weighted by atomic mass is 32.2. The molecule has 0 aliphatic heterocycles. The van der Waals surface area contributed by atoms with Gasteiger partial charge in [-0.3, -0.25) is 4.55 Å². The van der Waals surface area contributed by atoms with Gasteiger partial charge in [0.2, 0.25) is 0 Å². The Morgan fingerprint density at radius 1 is 0.909 bits per heavy atom. The quantitative estimate of drug-likeness (QED) is 0.510. The predicted molar refractivity (Wildman–Crippen MR) is 89.9 cm³/mol. The van der Waals surface area contributed by atoms with E-state index in [9.17, 15) is 8.42 Å². The van der Waals surface area contributed by atoms with Crippen LogP contribution in [0.15, 0.2) is 71.1 Å². The highest BCUT2D eigenvalue weighted by Crippen LogP contribution is 2.19. The molecule has 4 aromatic rings. The second-order valence-electron chi connectivity index (χ2n) is 4.65. The molecule has 4 nitrogen and oxygen atoms in total. The molecule has 0 aliphatic carbocycles. The Morgan fingerprint density at radius 2 is 1.59 bits per heavy atom. The van der Waals surface area contributed by atoms with Crippen LogP contribution in [0.3, 0.4) is 0 Å². The second kappa shape index (κ2) is 5.92. The number of aromatic nitrogens is 1. The number of hydrogen-bond donors (Lipinski definition) is 2. The van der Waals surface area contributed by atoms with Gasteiger partial charge < -0.3 is 4.98 Å². The molecule has 0 aliphatic rings. The number of fused-ring (bicyclic) bond motifs is 2. The van der Waals surface area contributed by atoms with Crippen molar-refractivity contribution in [2.75, 3.05) is 0 Å². The molecule has 2 heterocycles. The van der Waals surface area contributed by atoms with Gasteiger partial charge in [-0.05, 0) is 35.0 Å². The average Bonchev–Trinajstić information content (AvgIpc) is 3.14. The standard InChI is InChI=1S/C8H7NO3S.C8H6S/c10-13(11,12)8-5-6-3-1-2-4-7(6)9-8;1-2-4-8-7(3-1)5-6-9-8/h1-5,9H,(H,10,11,12);1-6H. The molecular formula is C16H13NO3S2. The first-order valence-corrected chi connectivity index (χ1v) is 8.83. The summed E-state index contributed by atoms with van der Waals surface area (Å²) in [6.07, 6.45) is 0. The molecule has 0 radical (unpaired) electrons. The molecule has 2 aromatic heterocycles. The lowest BCUT2D eigenvalue weighted by atomic mass is 10.3. The zero-order valence-corrected chi connectivity index (χ0v) is 13.1. The Labute approximate surface area is 131 Å². The first-order chi connectivity index (χ1) is 10.5. The fraction of sp³-hybridized carbons (Fsp3) is 0. The number of benzene rings is 2. The first-order valence-electron chi connectivity index (χ1n) is 6.51. The van der Waals surface area contributed by atoms with Crippen LogP contribution >= 0.6 is 11.3 Å². The minimum Gasteiger partial charge on any atom is -0.344 e. The molecule has 0 saturated heterocycles. The highest BCUT2D eigenvalue weighted by Gasteiger charge is 2.11. The molecule has 22 heavy (non-hydrogen) atoms. The second-order valence-corrected chi connectivity index (χ2v) is 6.99. The van der Waals surface area contributed by atoms with Crippen LogP contribution in [-0.4, -0.2) is 18.0 Å². The van der Waals surface area contributed by atoms with Crippen molar-refractivity contribution in [1.29, 1.82) is 0 Å². The first kappa shape index (κ1) is 14.8. The van der Waals surface area contributed by atoms with Crippen LogP contribution in [0.1, 0.15) is 0 Å². The molecule has 112 valence electrons. The monoisotopic (exact) mass is 331 g/mol. The van der Waals surface area contributed by atoms with Crippen LogP contribution in [0, 0.1) is 0 Å². The summed E-state index contributed by atoms with van der Waals surface area (Å²) in [5, 5.41) is 4.05. The summed E-state index contributed by atoms with van der Waals surface area (Å²) in [5.41, 5.74) is 0.690. The van der Waals surface area contributed by atoms with Crippen molar-refractivity contribution >= 4 is 42.4 Å². The lowest BCUT2D eigenvalue weighted by molar-refractivity contribution is 0.480. The molecule has 0 amide bonds. The van der Waals surface area contributed by atoms with Gasteiger partial charge in [-0.15, -0.1) is 11.3 Å². The molecule has 2 N–H and O–H groups in total. The highest BCUT2D eigenvalue weighted by molar-refractivity contribution is 7.85. The fourth-order valence-corrected chi connectivity index (χ4v) is 3.40. The number of hydrogen-bond acceptors (Lipinski definition) is 3. The fourth-order valence-electron chi connectivity index (χ4n) is 2.09. The molecule has 0 spiro atoms. The smallest absolute Gasteiger partial charge is 0.310 e. The third-order valence-electron chi connectivity index (χ3n) is 3.14. The lowest BCUT2D eigenvalue weighted by Gasteiger charge is -1.87. The number of thiophene rings is 1. The maximum Gasteiger partial charge on any atom is 0.310 e. The Morgan fingerprint density at radius 3 is 2.27 bits per heavy atom. The Kier molecular flexibility index (Phi) is 3.98. The molecule has 0 fully saturated rings. The van der Waals surface area contributed by atoms with Crippen molar-refractivity contribution in [3.63, 3.8) is 0 Å². The summed E-state index contributed by atoms with van der Waals surface area (Å²) in [4.78, 5) is 2.60. The molecule has 6 heteroatoms. The third-order valence-corrected chi connectivity index (χ3v) is 4.82. The van der Waals surface area contributed by atoms with Crippen LogP contribution in [0.2, 0.25) is 0 Å². The van der Waals surface area contributed by atoms with E-state index in [4.69, 9.17) is 4.55 Å². The van der Waals surface area contributed by atoms with Crippen molar-refractivity contribution in [3.8, 4) is 0 Å². The van der Waals surface area contributed by atoms with E-state index in [1.54, 1.807) is 35.6 Å². The summed E-state index contributed by atoms with van der Waals surface area (Å²) in [7, 11) is -4.12. The van der Waals surface area contributed by atoms with Crippen LogP contribution in [0.5, 0.6) is 0 Å². The van der Waals surface area contributed by atoms with E-state index in [2.05, 4.69) is 40.7 Å². The van der Waals surface area contributed by atoms with Crippen molar-refractivity contribution < 1.29 is 13.0 Å². The number of H-pyrrole nitrogens is 1. The normalized spacial score (nSPS) is 11.3. The maximum atomic E-state index is 10.7. The molecule has 2 aromatic carbocycles.